The minimum atomic E-state index is -0.607. The van der Waals surface area contributed by atoms with Gasteiger partial charge in [-0.15, -0.1) is 0 Å². The summed E-state index contributed by atoms with van der Waals surface area (Å²) >= 11 is 5.94. The first-order valence-corrected chi connectivity index (χ1v) is 8.98. The third-order valence-corrected chi connectivity index (χ3v) is 4.59. The first-order chi connectivity index (χ1) is 12.5. The second kappa shape index (κ2) is 8.23. The fourth-order valence-corrected chi connectivity index (χ4v) is 3.13. The Morgan fingerprint density at radius 3 is 2.27 bits per heavy atom. The molecule has 0 bridgehead atoms. The van der Waals surface area contributed by atoms with Crippen LogP contribution >= 0.6 is 11.6 Å². The van der Waals surface area contributed by atoms with E-state index in [1.807, 2.05) is 18.2 Å². The molecular weight excluding hydrogens is 352 g/mol. The molecule has 0 aromatic heterocycles. The molecule has 1 heterocycles. The molecule has 5 nitrogen and oxygen atoms in total. The largest absolute Gasteiger partial charge is 0.481 e. The Morgan fingerprint density at radius 2 is 1.62 bits per heavy atom. The molecule has 2 amide bonds. The molecule has 0 aliphatic carbocycles. The third kappa shape index (κ3) is 4.35. The van der Waals surface area contributed by atoms with E-state index in [9.17, 15) is 9.59 Å². The van der Waals surface area contributed by atoms with Crippen LogP contribution in [0, 0.1) is 0 Å². The maximum absolute atomic E-state index is 12.6. The lowest BCUT2D eigenvalue weighted by Crippen LogP contribution is -2.53. The molecule has 136 valence electrons. The summed E-state index contributed by atoms with van der Waals surface area (Å²) < 4.78 is 5.70. The van der Waals surface area contributed by atoms with E-state index in [2.05, 4.69) is 0 Å². The van der Waals surface area contributed by atoms with Crippen molar-refractivity contribution < 1.29 is 14.3 Å². The van der Waals surface area contributed by atoms with E-state index in [1.54, 1.807) is 53.1 Å². The van der Waals surface area contributed by atoms with E-state index in [0.29, 0.717) is 42.5 Å². The maximum Gasteiger partial charge on any atom is 0.263 e. The van der Waals surface area contributed by atoms with Gasteiger partial charge < -0.3 is 14.5 Å². The molecule has 2 aromatic carbocycles. The minimum absolute atomic E-state index is 0.000856. The van der Waals surface area contributed by atoms with Crippen LogP contribution in [0.1, 0.15) is 17.3 Å². The highest BCUT2D eigenvalue weighted by Crippen LogP contribution is 2.19. The second-order valence-electron chi connectivity index (χ2n) is 6.20. The van der Waals surface area contributed by atoms with Crippen LogP contribution in [0.5, 0.6) is 5.75 Å². The molecule has 6 heteroatoms. The summed E-state index contributed by atoms with van der Waals surface area (Å²) in [6, 6.07) is 16.2. The van der Waals surface area contributed by atoms with Crippen molar-refractivity contribution >= 4 is 23.4 Å². The predicted molar refractivity (Wildman–Crippen MR) is 100 cm³/mol. The van der Waals surface area contributed by atoms with Gasteiger partial charge in [0.1, 0.15) is 5.75 Å². The predicted octanol–water partition coefficient (Wildman–Crippen LogP) is 3.09. The summed E-state index contributed by atoms with van der Waals surface area (Å²) in [5.74, 6) is 0.481. The molecule has 1 aliphatic rings. The van der Waals surface area contributed by atoms with Crippen LogP contribution in [-0.2, 0) is 4.79 Å². The Kier molecular flexibility index (Phi) is 5.78. The number of benzene rings is 2. The van der Waals surface area contributed by atoms with Crippen molar-refractivity contribution in [3.63, 3.8) is 0 Å². The number of hydrogen-bond donors (Lipinski definition) is 0. The lowest BCUT2D eigenvalue weighted by atomic mass is 10.2. The van der Waals surface area contributed by atoms with E-state index in [-0.39, 0.29) is 11.8 Å². The number of amides is 2. The zero-order valence-electron chi connectivity index (χ0n) is 14.6. The van der Waals surface area contributed by atoms with Gasteiger partial charge in [0.05, 0.1) is 0 Å². The van der Waals surface area contributed by atoms with Crippen molar-refractivity contribution in [3.05, 3.63) is 65.2 Å². The standard InChI is InChI=1S/C20H21ClN2O3/c1-15(26-18-9-5-8-17(21)14-18)19(24)22-10-12-23(13-11-22)20(25)16-6-3-2-4-7-16/h2-9,14-15H,10-13H2,1H3/t15-/m0/s1. The van der Waals surface area contributed by atoms with Gasteiger partial charge in [-0.05, 0) is 37.3 Å². The van der Waals surface area contributed by atoms with Gasteiger partial charge in [0, 0.05) is 36.8 Å². The van der Waals surface area contributed by atoms with Gasteiger partial charge in [0.25, 0.3) is 11.8 Å². The molecular formula is C20H21ClN2O3. The zero-order chi connectivity index (χ0) is 18.5. The summed E-state index contributed by atoms with van der Waals surface area (Å²) in [4.78, 5) is 28.6. The molecule has 0 unspecified atom stereocenters. The van der Waals surface area contributed by atoms with E-state index in [1.165, 1.54) is 0 Å². The monoisotopic (exact) mass is 372 g/mol. The van der Waals surface area contributed by atoms with E-state index >= 15 is 0 Å². The lowest BCUT2D eigenvalue weighted by Gasteiger charge is -2.36. The van der Waals surface area contributed by atoms with Crippen LogP contribution in [0.2, 0.25) is 5.02 Å². The quantitative estimate of drug-likeness (QED) is 0.828. The van der Waals surface area contributed by atoms with Gasteiger partial charge in [-0.3, -0.25) is 9.59 Å². The van der Waals surface area contributed by atoms with E-state index in [0.717, 1.165) is 0 Å². The molecule has 1 saturated heterocycles. The first-order valence-electron chi connectivity index (χ1n) is 8.60. The summed E-state index contributed by atoms with van der Waals surface area (Å²) in [6.07, 6.45) is -0.607. The van der Waals surface area contributed by atoms with Crippen molar-refractivity contribution in [2.24, 2.45) is 0 Å². The molecule has 0 radical (unpaired) electrons. The number of halogens is 1. The highest BCUT2D eigenvalue weighted by molar-refractivity contribution is 6.30. The van der Waals surface area contributed by atoms with Crippen LogP contribution in [0.4, 0.5) is 0 Å². The summed E-state index contributed by atoms with van der Waals surface area (Å²) in [6.45, 7) is 3.76. The van der Waals surface area contributed by atoms with Gasteiger partial charge in [-0.25, -0.2) is 0 Å². The molecule has 2 aromatic rings. The van der Waals surface area contributed by atoms with Gasteiger partial charge >= 0.3 is 0 Å². The van der Waals surface area contributed by atoms with Crippen molar-refractivity contribution in [2.45, 2.75) is 13.0 Å². The third-order valence-electron chi connectivity index (χ3n) is 4.36. The van der Waals surface area contributed by atoms with Crippen LogP contribution in [-0.4, -0.2) is 53.9 Å². The fraction of sp³-hybridized carbons (Fsp3) is 0.300. The fourth-order valence-electron chi connectivity index (χ4n) is 2.95. The van der Waals surface area contributed by atoms with Crippen molar-refractivity contribution in [1.82, 2.24) is 9.80 Å². The molecule has 26 heavy (non-hydrogen) atoms. The molecule has 0 saturated carbocycles. The number of rotatable bonds is 4. The molecule has 1 atom stereocenters. The van der Waals surface area contributed by atoms with Crippen molar-refractivity contribution in [2.75, 3.05) is 26.2 Å². The smallest absolute Gasteiger partial charge is 0.263 e. The average Bonchev–Trinajstić information content (AvgIpc) is 2.67. The number of carbonyl (C=O) groups is 2. The van der Waals surface area contributed by atoms with Crippen LogP contribution in [0.3, 0.4) is 0 Å². The van der Waals surface area contributed by atoms with E-state index in [4.69, 9.17) is 16.3 Å². The Morgan fingerprint density at radius 1 is 0.962 bits per heavy atom. The first kappa shape index (κ1) is 18.3. The Balaban J connectivity index is 1.54. The molecule has 1 aliphatic heterocycles. The second-order valence-corrected chi connectivity index (χ2v) is 6.64. The highest BCUT2D eigenvalue weighted by Gasteiger charge is 2.28. The van der Waals surface area contributed by atoms with Crippen LogP contribution in [0.15, 0.2) is 54.6 Å². The average molecular weight is 373 g/mol. The van der Waals surface area contributed by atoms with Gasteiger partial charge in [0.2, 0.25) is 0 Å². The van der Waals surface area contributed by atoms with Crippen molar-refractivity contribution in [3.8, 4) is 5.75 Å². The summed E-state index contributed by atoms with van der Waals surface area (Å²) in [5, 5.41) is 0.565. The SMILES string of the molecule is C[C@H](Oc1cccc(Cl)c1)C(=O)N1CCN(C(=O)c2ccccc2)CC1. The molecule has 1 fully saturated rings. The molecule has 3 rings (SSSR count). The summed E-state index contributed by atoms with van der Waals surface area (Å²) in [7, 11) is 0. The Hall–Kier alpha value is -2.53. The van der Waals surface area contributed by atoms with Crippen LogP contribution in [0.25, 0.3) is 0 Å². The lowest BCUT2D eigenvalue weighted by molar-refractivity contribution is -0.139. The minimum Gasteiger partial charge on any atom is -0.481 e. The molecule has 0 N–H and O–H groups in total. The summed E-state index contributed by atoms with van der Waals surface area (Å²) in [5.41, 5.74) is 0.671. The normalized spacial score (nSPS) is 15.5. The van der Waals surface area contributed by atoms with Crippen molar-refractivity contribution in [1.29, 1.82) is 0 Å². The number of hydrogen-bond acceptors (Lipinski definition) is 3. The number of carbonyl (C=O) groups excluding carboxylic acids is 2. The van der Waals surface area contributed by atoms with E-state index < -0.39 is 6.10 Å². The number of ether oxygens (including phenoxy) is 1. The van der Waals surface area contributed by atoms with Gasteiger partial charge in [-0.2, -0.15) is 0 Å². The van der Waals surface area contributed by atoms with Crippen LogP contribution < -0.4 is 4.74 Å². The zero-order valence-corrected chi connectivity index (χ0v) is 15.4. The topological polar surface area (TPSA) is 49.9 Å². The number of nitrogens with zero attached hydrogens (tertiary/aromatic N) is 2. The number of piperazine rings is 1. The highest BCUT2D eigenvalue weighted by atomic mass is 35.5. The Bertz CT molecular complexity index is 774. The molecule has 0 spiro atoms. The van der Waals surface area contributed by atoms with Gasteiger partial charge in [0.15, 0.2) is 6.10 Å². The Labute approximate surface area is 158 Å². The van der Waals surface area contributed by atoms with Gasteiger partial charge in [-0.1, -0.05) is 35.9 Å². The maximum atomic E-state index is 12.6.